The molecule has 2 N–H and O–H groups in total. The van der Waals surface area contributed by atoms with E-state index < -0.39 is 11.9 Å². The number of aromatic nitrogens is 5. The Kier molecular flexibility index (Phi) is 5.07. The molecule has 9 heteroatoms. The Balaban J connectivity index is 1.60. The van der Waals surface area contributed by atoms with Gasteiger partial charge >= 0.3 is 5.97 Å². The molecule has 2 aromatic heterocycles. The van der Waals surface area contributed by atoms with Gasteiger partial charge in [-0.3, -0.25) is 19.6 Å². The SMILES string of the molecule is Cc1cccc(Cn2cnc(NC(=O)c3cnn(CCC(=O)O)c3)n2)c1. The number of benzene rings is 1. The highest BCUT2D eigenvalue weighted by Crippen LogP contribution is 2.08. The van der Waals surface area contributed by atoms with Gasteiger partial charge < -0.3 is 5.11 Å². The van der Waals surface area contributed by atoms with Crippen molar-refractivity contribution in [2.75, 3.05) is 5.32 Å². The molecule has 0 atom stereocenters. The number of hydrogen-bond acceptors (Lipinski definition) is 5. The van der Waals surface area contributed by atoms with Gasteiger partial charge in [-0.2, -0.15) is 5.10 Å². The molecule has 0 spiro atoms. The normalized spacial score (nSPS) is 10.7. The van der Waals surface area contributed by atoms with Crippen molar-refractivity contribution in [2.45, 2.75) is 26.4 Å². The molecule has 134 valence electrons. The fourth-order valence-electron chi connectivity index (χ4n) is 2.41. The zero-order valence-electron chi connectivity index (χ0n) is 14.2. The van der Waals surface area contributed by atoms with Crippen molar-refractivity contribution in [3.63, 3.8) is 0 Å². The van der Waals surface area contributed by atoms with Crippen LogP contribution in [0.5, 0.6) is 0 Å². The molecule has 0 saturated carbocycles. The first-order chi connectivity index (χ1) is 12.5. The standard InChI is InChI=1S/C17H18N6O3/c1-12-3-2-4-13(7-12)9-23-11-18-17(21-23)20-16(26)14-8-19-22(10-14)6-5-15(24)25/h2-4,7-8,10-11H,5-6,9H2,1H3,(H,24,25)(H,20,21,26). The van der Waals surface area contributed by atoms with Crippen LogP contribution in [0.25, 0.3) is 0 Å². The molecule has 3 aromatic rings. The average molecular weight is 354 g/mol. The molecule has 0 aliphatic carbocycles. The third-order valence-corrected chi connectivity index (χ3v) is 3.64. The average Bonchev–Trinajstić information content (AvgIpc) is 3.22. The molecule has 3 rings (SSSR count). The monoisotopic (exact) mass is 354 g/mol. The topological polar surface area (TPSA) is 115 Å². The van der Waals surface area contributed by atoms with Gasteiger partial charge in [-0.25, -0.2) is 9.67 Å². The number of aryl methyl sites for hydroxylation is 2. The maximum absolute atomic E-state index is 12.2. The highest BCUT2D eigenvalue weighted by atomic mass is 16.4. The lowest BCUT2D eigenvalue weighted by Gasteiger charge is -2.02. The van der Waals surface area contributed by atoms with Crippen LogP contribution < -0.4 is 5.32 Å². The number of carbonyl (C=O) groups excluding carboxylic acids is 1. The molecule has 0 unspecified atom stereocenters. The summed E-state index contributed by atoms with van der Waals surface area (Å²) in [5, 5.41) is 19.5. The van der Waals surface area contributed by atoms with Crippen molar-refractivity contribution in [1.82, 2.24) is 24.5 Å². The van der Waals surface area contributed by atoms with Gasteiger partial charge in [0.15, 0.2) is 0 Å². The molecule has 9 nitrogen and oxygen atoms in total. The van der Waals surface area contributed by atoms with E-state index in [-0.39, 0.29) is 18.9 Å². The Morgan fingerprint density at radius 1 is 1.27 bits per heavy atom. The van der Waals surface area contributed by atoms with Gasteiger partial charge in [-0.1, -0.05) is 29.8 Å². The summed E-state index contributed by atoms with van der Waals surface area (Å²) in [7, 11) is 0. The number of carbonyl (C=O) groups is 2. The van der Waals surface area contributed by atoms with E-state index in [0.717, 1.165) is 11.1 Å². The Labute approximate surface area is 149 Å². The molecule has 0 aliphatic heterocycles. The van der Waals surface area contributed by atoms with Crippen LogP contribution in [0.3, 0.4) is 0 Å². The second kappa shape index (κ2) is 7.60. The largest absolute Gasteiger partial charge is 0.481 e. The van der Waals surface area contributed by atoms with Gasteiger partial charge in [-0.05, 0) is 12.5 Å². The number of carboxylic acid groups (broad SMARTS) is 1. The summed E-state index contributed by atoms with van der Waals surface area (Å²) >= 11 is 0. The quantitative estimate of drug-likeness (QED) is 0.665. The predicted molar refractivity (Wildman–Crippen MR) is 92.7 cm³/mol. The molecule has 2 heterocycles. The predicted octanol–water partition coefficient (Wildman–Crippen LogP) is 1.56. The number of hydrogen-bond donors (Lipinski definition) is 2. The first-order valence-electron chi connectivity index (χ1n) is 8.00. The molecule has 0 aliphatic rings. The van der Waals surface area contributed by atoms with E-state index in [1.165, 1.54) is 17.1 Å². The van der Waals surface area contributed by atoms with Crippen molar-refractivity contribution in [1.29, 1.82) is 0 Å². The van der Waals surface area contributed by atoms with Gasteiger partial charge in [0.05, 0.1) is 31.3 Å². The fraction of sp³-hybridized carbons (Fsp3) is 0.235. The van der Waals surface area contributed by atoms with Crippen LogP contribution in [0.1, 0.15) is 27.9 Å². The van der Waals surface area contributed by atoms with Gasteiger partial charge in [-0.15, -0.1) is 5.10 Å². The molecule has 1 aromatic carbocycles. The summed E-state index contributed by atoms with van der Waals surface area (Å²) in [6.07, 6.45) is 4.35. The lowest BCUT2D eigenvalue weighted by atomic mass is 10.1. The van der Waals surface area contributed by atoms with E-state index in [2.05, 4.69) is 26.6 Å². The Morgan fingerprint density at radius 3 is 2.88 bits per heavy atom. The smallest absolute Gasteiger partial charge is 0.305 e. The van der Waals surface area contributed by atoms with Crippen LogP contribution in [0.15, 0.2) is 43.0 Å². The van der Waals surface area contributed by atoms with Crippen molar-refractivity contribution in [2.24, 2.45) is 0 Å². The maximum Gasteiger partial charge on any atom is 0.305 e. The molecule has 0 radical (unpaired) electrons. The van der Waals surface area contributed by atoms with E-state index in [1.807, 2.05) is 25.1 Å². The van der Waals surface area contributed by atoms with Crippen LogP contribution in [-0.4, -0.2) is 41.5 Å². The summed E-state index contributed by atoms with van der Waals surface area (Å²) in [6, 6.07) is 8.06. The summed E-state index contributed by atoms with van der Waals surface area (Å²) < 4.78 is 3.05. The maximum atomic E-state index is 12.2. The van der Waals surface area contributed by atoms with Crippen molar-refractivity contribution in [3.8, 4) is 0 Å². The Morgan fingerprint density at radius 2 is 2.12 bits per heavy atom. The number of aliphatic carboxylic acids is 1. The number of rotatable bonds is 7. The first-order valence-corrected chi connectivity index (χ1v) is 8.00. The summed E-state index contributed by atoms with van der Waals surface area (Å²) in [5.41, 5.74) is 2.56. The Bertz CT molecular complexity index is 930. The van der Waals surface area contributed by atoms with Crippen LogP contribution >= 0.6 is 0 Å². The second-order valence-corrected chi connectivity index (χ2v) is 5.84. The van der Waals surface area contributed by atoms with Crippen LogP contribution in [0.4, 0.5) is 5.95 Å². The van der Waals surface area contributed by atoms with E-state index in [4.69, 9.17) is 5.11 Å². The van der Waals surface area contributed by atoms with E-state index in [0.29, 0.717) is 12.1 Å². The van der Waals surface area contributed by atoms with E-state index in [1.54, 1.807) is 11.0 Å². The number of anilines is 1. The molecule has 0 fully saturated rings. The molecule has 0 saturated heterocycles. The number of nitrogens with zero attached hydrogens (tertiary/aromatic N) is 5. The zero-order valence-corrected chi connectivity index (χ0v) is 14.2. The number of nitrogens with one attached hydrogen (secondary N) is 1. The van der Waals surface area contributed by atoms with Gasteiger partial charge in [0.2, 0.25) is 5.95 Å². The van der Waals surface area contributed by atoms with Gasteiger partial charge in [0, 0.05) is 6.20 Å². The molecule has 26 heavy (non-hydrogen) atoms. The van der Waals surface area contributed by atoms with Crippen molar-refractivity contribution < 1.29 is 14.7 Å². The van der Waals surface area contributed by atoms with Crippen molar-refractivity contribution in [3.05, 3.63) is 59.7 Å². The summed E-state index contributed by atoms with van der Waals surface area (Å²) in [5.74, 6) is -1.13. The van der Waals surface area contributed by atoms with Gasteiger partial charge in [0.25, 0.3) is 5.91 Å². The van der Waals surface area contributed by atoms with Crippen molar-refractivity contribution >= 4 is 17.8 Å². The van der Waals surface area contributed by atoms with Crippen LogP contribution in [0.2, 0.25) is 0 Å². The third-order valence-electron chi connectivity index (χ3n) is 3.64. The van der Waals surface area contributed by atoms with E-state index >= 15 is 0 Å². The van der Waals surface area contributed by atoms with Gasteiger partial charge in [0.1, 0.15) is 6.33 Å². The van der Waals surface area contributed by atoms with Crippen LogP contribution in [-0.2, 0) is 17.9 Å². The minimum Gasteiger partial charge on any atom is -0.481 e. The lowest BCUT2D eigenvalue weighted by molar-refractivity contribution is -0.137. The Hall–Kier alpha value is -3.49. The minimum absolute atomic E-state index is 0.0618. The molecular formula is C17H18N6O3. The highest BCUT2D eigenvalue weighted by Gasteiger charge is 2.12. The molecule has 1 amide bonds. The molecular weight excluding hydrogens is 336 g/mol. The lowest BCUT2D eigenvalue weighted by Crippen LogP contribution is -2.13. The third kappa shape index (κ3) is 4.53. The number of amides is 1. The molecule has 0 bridgehead atoms. The minimum atomic E-state index is -0.921. The number of carboxylic acids is 1. The summed E-state index contributed by atoms with van der Waals surface area (Å²) in [4.78, 5) is 26.9. The fourth-order valence-corrected chi connectivity index (χ4v) is 2.41. The summed E-state index contributed by atoms with van der Waals surface area (Å²) in [6.45, 7) is 2.77. The first kappa shape index (κ1) is 17.3. The zero-order chi connectivity index (χ0) is 18.5. The van der Waals surface area contributed by atoms with Crippen LogP contribution in [0, 0.1) is 6.92 Å². The van der Waals surface area contributed by atoms with E-state index in [9.17, 15) is 9.59 Å². The second-order valence-electron chi connectivity index (χ2n) is 5.84. The highest BCUT2D eigenvalue weighted by molar-refractivity contribution is 6.02.